The third-order valence-electron chi connectivity index (χ3n) is 3.36. The molecule has 0 aromatic carbocycles. The second-order valence-electron chi connectivity index (χ2n) is 5.49. The van der Waals surface area contributed by atoms with E-state index in [4.69, 9.17) is 5.73 Å². The molecule has 0 aromatic heterocycles. The van der Waals surface area contributed by atoms with Crippen molar-refractivity contribution in [2.45, 2.75) is 26.7 Å². The van der Waals surface area contributed by atoms with Crippen LogP contribution in [0.3, 0.4) is 0 Å². The van der Waals surface area contributed by atoms with Crippen LogP contribution in [0.25, 0.3) is 0 Å². The van der Waals surface area contributed by atoms with E-state index in [0.717, 1.165) is 12.8 Å². The summed E-state index contributed by atoms with van der Waals surface area (Å²) in [5.74, 6) is -0.765. The van der Waals surface area contributed by atoms with Gasteiger partial charge in [0.15, 0.2) is 0 Å². The summed E-state index contributed by atoms with van der Waals surface area (Å²) in [6, 6.07) is 0. The highest BCUT2D eigenvalue weighted by molar-refractivity contribution is 6.35. The second kappa shape index (κ2) is 5.49. The van der Waals surface area contributed by atoms with Gasteiger partial charge in [0.2, 0.25) is 0 Å². The van der Waals surface area contributed by atoms with E-state index < -0.39 is 5.91 Å². The molecule has 0 aromatic rings. The average molecular weight is 241 g/mol. The van der Waals surface area contributed by atoms with Crippen LogP contribution in [0.5, 0.6) is 0 Å². The fourth-order valence-electron chi connectivity index (χ4n) is 1.84. The minimum atomic E-state index is -0.394. The van der Waals surface area contributed by atoms with Crippen LogP contribution >= 0.6 is 0 Å². The SMILES string of the molecule is CN1CCN(CCCC(C)(C)CN)C(=O)C1=O. The number of hydrogen-bond donors (Lipinski definition) is 1. The van der Waals surface area contributed by atoms with E-state index in [9.17, 15) is 9.59 Å². The topological polar surface area (TPSA) is 66.6 Å². The van der Waals surface area contributed by atoms with Crippen LogP contribution < -0.4 is 5.73 Å². The summed E-state index contributed by atoms with van der Waals surface area (Å²) in [5.41, 5.74) is 5.76. The van der Waals surface area contributed by atoms with Gasteiger partial charge in [-0.2, -0.15) is 0 Å². The molecule has 5 nitrogen and oxygen atoms in total. The average Bonchev–Trinajstić information content (AvgIpc) is 2.29. The smallest absolute Gasteiger partial charge is 0.312 e. The first kappa shape index (κ1) is 14.0. The molecule has 98 valence electrons. The quantitative estimate of drug-likeness (QED) is 0.692. The zero-order valence-electron chi connectivity index (χ0n) is 11.0. The van der Waals surface area contributed by atoms with Gasteiger partial charge in [-0.05, 0) is 24.8 Å². The number of nitrogens with zero attached hydrogens (tertiary/aromatic N) is 2. The molecule has 0 atom stereocenters. The number of hydrogen-bond acceptors (Lipinski definition) is 3. The van der Waals surface area contributed by atoms with Crippen molar-refractivity contribution in [3.63, 3.8) is 0 Å². The third-order valence-corrected chi connectivity index (χ3v) is 3.36. The third kappa shape index (κ3) is 3.70. The minimum Gasteiger partial charge on any atom is -0.336 e. The Morgan fingerprint density at radius 2 is 1.88 bits per heavy atom. The van der Waals surface area contributed by atoms with Crippen LogP contribution in [0.15, 0.2) is 0 Å². The highest BCUT2D eigenvalue weighted by Crippen LogP contribution is 2.20. The molecule has 1 rings (SSSR count). The van der Waals surface area contributed by atoms with Gasteiger partial charge in [-0.15, -0.1) is 0 Å². The molecule has 5 heteroatoms. The summed E-state index contributed by atoms with van der Waals surface area (Å²) in [6.07, 6.45) is 1.87. The van der Waals surface area contributed by atoms with Gasteiger partial charge in [0, 0.05) is 26.7 Å². The van der Waals surface area contributed by atoms with E-state index >= 15 is 0 Å². The van der Waals surface area contributed by atoms with Crippen LogP contribution in [0.1, 0.15) is 26.7 Å². The van der Waals surface area contributed by atoms with Gasteiger partial charge < -0.3 is 15.5 Å². The Labute approximate surface area is 103 Å². The van der Waals surface area contributed by atoms with Gasteiger partial charge in [0.25, 0.3) is 0 Å². The van der Waals surface area contributed by atoms with Gasteiger partial charge in [0.05, 0.1) is 0 Å². The van der Waals surface area contributed by atoms with Crippen LogP contribution in [0.4, 0.5) is 0 Å². The molecule has 0 spiro atoms. The van der Waals surface area contributed by atoms with E-state index in [-0.39, 0.29) is 11.3 Å². The van der Waals surface area contributed by atoms with E-state index in [2.05, 4.69) is 13.8 Å². The van der Waals surface area contributed by atoms with E-state index in [1.54, 1.807) is 11.9 Å². The molecule has 1 fully saturated rings. The molecule has 0 radical (unpaired) electrons. The van der Waals surface area contributed by atoms with Gasteiger partial charge in [-0.1, -0.05) is 13.8 Å². The molecule has 2 N–H and O–H groups in total. The van der Waals surface area contributed by atoms with Gasteiger partial charge in [0.1, 0.15) is 0 Å². The number of piperazine rings is 1. The predicted molar refractivity (Wildman–Crippen MR) is 66.3 cm³/mol. The van der Waals surface area contributed by atoms with Crippen molar-refractivity contribution in [1.29, 1.82) is 0 Å². The number of carbonyl (C=O) groups is 2. The first-order valence-corrected chi connectivity index (χ1v) is 6.12. The number of rotatable bonds is 5. The Morgan fingerprint density at radius 3 is 2.47 bits per heavy atom. The van der Waals surface area contributed by atoms with Crippen LogP contribution in [0, 0.1) is 5.41 Å². The molecule has 17 heavy (non-hydrogen) atoms. The fourth-order valence-corrected chi connectivity index (χ4v) is 1.84. The van der Waals surface area contributed by atoms with Crippen molar-refractivity contribution in [1.82, 2.24) is 9.80 Å². The largest absolute Gasteiger partial charge is 0.336 e. The highest BCUT2D eigenvalue weighted by Gasteiger charge is 2.30. The molecule has 0 aliphatic carbocycles. The zero-order valence-corrected chi connectivity index (χ0v) is 11.0. The molecule has 1 heterocycles. The Morgan fingerprint density at radius 1 is 1.24 bits per heavy atom. The van der Waals surface area contributed by atoms with Gasteiger partial charge in [-0.25, -0.2) is 0 Å². The summed E-state index contributed by atoms with van der Waals surface area (Å²) < 4.78 is 0. The first-order valence-electron chi connectivity index (χ1n) is 6.12. The summed E-state index contributed by atoms with van der Waals surface area (Å²) in [4.78, 5) is 26.3. The van der Waals surface area contributed by atoms with Crippen molar-refractivity contribution in [3.05, 3.63) is 0 Å². The summed E-state index contributed by atoms with van der Waals surface area (Å²) in [5, 5.41) is 0. The lowest BCUT2D eigenvalue weighted by molar-refractivity contribution is -0.155. The number of amides is 2. The maximum Gasteiger partial charge on any atom is 0.312 e. The summed E-state index contributed by atoms with van der Waals surface area (Å²) in [7, 11) is 1.66. The monoisotopic (exact) mass is 241 g/mol. The normalized spacial score (nSPS) is 17.9. The number of nitrogens with two attached hydrogens (primary N) is 1. The molecule has 0 saturated carbocycles. The zero-order chi connectivity index (χ0) is 13.1. The molecule has 1 aliphatic heterocycles. The highest BCUT2D eigenvalue weighted by atomic mass is 16.2. The molecule has 2 amide bonds. The van der Waals surface area contributed by atoms with Crippen molar-refractivity contribution >= 4 is 11.8 Å². The Balaban J connectivity index is 2.38. The molecule has 1 aliphatic rings. The Bertz CT molecular complexity index is 302. The van der Waals surface area contributed by atoms with Crippen molar-refractivity contribution < 1.29 is 9.59 Å². The maximum atomic E-state index is 11.7. The van der Waals surface area contributed by atoms with Crippen LogP contribution in [-0.4, -0.2) is 54.8 Å². The number of carbonyl (C=O) groups excluding carboxylic acids is 2. The lowest BCUT2D eigenvalue weighted by Crippen LogP contribution is -2.53. The lowest BCUT2D eigenvalue weighted by atomic mass is 9.88. The van der Waals surface area contributed by atoms with E-state index in [1.165, 1.54) is 4.90 Å². The summed E-state index contributed by atoms with van der Waals surface area (Å²) >= 11 is 0. The van der Waals surface area contributed by atoms with Crippen molar-refractivity contribution in [2.24, 2.45) is 11.1 Å². The fraction of sp³-hybridized carbons (Fsp3) is 0.833. The molecule has 1 saturated heterocycles. The van der Waals surface area contributed by atoms with Crippen LogP contribution in [-0.2, 0) is 9.59 Å². The van der Waals surface area contributed by atoms with Crippen molar-refractivity contribution in [2.75, 3.05) is 33.2 Å². The molecular formula is C12H23N3O2. The lowest BCUT2D eigenvalue weighted by Gasteiger charge is -2.32. The Kier molecular flexibility index (Phi) is 4.51. The maximum absolute atomic E-state index is 11.7. The van der Waals surface area contributed by atoms with E-state index in [1.807, 2.05) is 0 Å². The van der Waals surface area contributed by atoms with E-state index in [0.29, 0.717) is 26.2 Å². The Hall–Kier alpha value is -1.10. The van der Waals surface area contributed by atoms with Gasteiger partial charge >= 0.3 is 11.8 Å². The van der Waals surface area contributed by atoms with Crippen molar-refractivity contribution in [3.8, 4) is 0 Å². The molecular weight excluding hydrogens is 218 g/mol. The minimum absolute atomic E-state index is 0.111. The number of likely N-dealkylation sites (N-methyl/N-ethyl adjacent to an activating group) is 1. The summed E-state index contributed by atoms with van der Waals surface area (Å²) in [6.45, 7) is 6.80. The molecule has 0 unspecified atom stereocenters. The molecule has 0 bridgehead atoms. The van der Waals surface area contributed by atoms with Crippen LogP contribution in [0.2, 0.25) is 0 Å². The standard InChI is InChI=1S/C12H23N3O2/c1-12(2,9-13)5-4-6-15-8-7-14(3)10(16)11(15)17/h4-9,13H2,1-3H3. The van der Waals surface area contributed by atoms with Gasteiger partial charge in [-0.3, -0.25) is 9.59 Å². The first-order chi connectivity index (χ1) is 7.87. The predicted octanol–water partition coefficient (Wildman–Crippen LogP) is 0.0521. The second-order valence-corrected chi connectivity index (χ2v) is 5.49.